The van der Waals surface area contributed by atoms with Crippen LogP contribution in [0.4, 0.5) is 0 Å². The minimum Gasteiger partial charge on any atom is -0.378 e. The summed E-state index contributed by atoms with van der Waals surface area (Å²) in [6.07, 6.45) is 4.79. The Balaban J connectivity index is 0.00000256. The number of ether oxygens (including phenoxy) is 1. The lowest BCUT2D eigenvalue weighted by Crippen LogP contribution is -2.39. The lowest BCUT2D eigenvalue weighted by molar-refractivity contribution is -0.125. The molecule has 0 saturated carbocycles. The normalized spacial score (nSPS) is 23.4. The van der Waals surface area contributed by atoms with Crippen molar-refractivity contribution in [2.75, 3.05) is 13.2 Å². The number of amides is 1. The van der Waals surface area contributed by atoms with Gasteiger partial charge in [0.25, 0.3) is 0 Å². The van der Waals surface area contributed by atoms with Crippen molar-refractivity contribution >= 4 is 18.3 Å². The fraction of sp³-hybridized carbons (Fsp3) is 0.917. The van der Waals surface area contributed by atoms with E-state index in [1.807, 2.05) is 13.8 Å². The molecule has 1 heterocycles. The zero-order valence-electron chi connectivity index (χ0n) is 10.8. The molecule has 1 fully saturated rings. The second kappa shape index (κ2) is 8.72. The topological polar surface area (TPSA) is 64.4 Å². The molecule has 4 nitrogen and oxygen atoms in total. The molecule has 5 heteroatoms. The van der Waals surface area contributed by atoms with Crippen LogP contribution in [-0.4, -0.2) is 31.2 Å². The Morgan fingerprint density at radius 2 is 2.18 bits per heavy atom. The Morgan fingerprint density at radius 3 is 2.71 bits per heavy atom. The molecular weight excluding hydrogens is 240 g/mol. The van der Waals surface area contributed by atoms with Gasteiger partial charge in [-0.2, -0.15) is 0 Å². The molecule has 1 rings (SSSR count). The van der Waals surface area contributed by atoms with E-state index in [0.29, 0.717) is 12.6 Å². The third-order valence-corrected chi connectivity index (χ3v) is 3.24. The third kappa shape index (κ3) is 6.24. The zero-order valence-corrected chi connectivity index (χ0v) is 11.6. The molecule has 0 bridgehead atoms. The van der Waals surface area contributed by atoms with E-state index < -0.39 is 0 Å². The molecule has 1 aliphatic heterocycles. The van der Waals surface area contributed by atoms with Crippen LogP contribution in [0.15, 0.2) is 0 Å². The molecule has 0 aromatic carbocycles. The molecule has 1 saturated heterocycles. The van der Waals surface area contributed by atoms with Gasteiger partial charge >= 0.3 is 0 Å². The van der Waals surface area contributed by atoms with E-state index in [9.17, 15) is 4.79 Å². The van der Waals surface area contributed by atoms with Gasteiger partial charge in [0.2, 0.25) is 5.91 Å². The van der Waals surface area contributed by atoms with E-state index >= 15 is 0 Å². The van der Waals surface area contributed by atoms with E-state index in [2.05, 4.69) is 5.32 Å². The van der Waals surface area contributed by atoms with Crippen molar-refractivity contribution in [2.24, 2.45) is 11.7 Å². The first-order valence-corrected chi connectivity index (χ1v) is 6.26. The summed E-state index contributed by atoms with van der Waals surface area (Å²) in [4.78, 5) is 11.6. The fourth-order valence-corrected chi connectivity index (χ4v) is 1.79. The van der Waals surface area contributed by atoms with Crippen LogP contribution < -0.4 is 11.1 Å². The average molecular weight is 265 g/mol. The van der Waals surface area contributed by atoms with E-state index in [-0.39, 0.29) is 30.3 Å². The molecule has 0 aromatic rings. The third-order valence-electron chi connectivity index (χ3n) is 3.24. The zero-order chi connectivity index (χ0) is 12.0. The number of carbonyl (C=O) groups is 1. The number of nitrogens with two attached hydrogens (primary N) is 1. The van der Waals surface area contributed by atoms with Gasteiger partial charge in [-0.05, 0) is 32.6 Å². The monoisotopic (exact) mass is 264 g/mol. The lowest BCUT2D eigenvalue weighted by Gasteiger charge is -2.23. The predicted octanol–water partition coefficient (Wildman–Crippen LogP) is 1.47. The van der Waals surface area contributed by atoms with Crippen molar-refractivity contribution < 1.29 is 9.53 Å². The van der Waals surface area contributed by atoms with E-state index in [0.717, 1.165) is 19.4 Å². The van der Waals surface area contributed by atoms with Crippen molar-refractivity contribution in [1.82, 2.24) is 5.32 Å². The van der Waals surface area contributed by atoms with Crippen molar-refractivity contribution in [3.8, 4) is 0 Å². The van der Waals surface area contributed by atoms with Gasteiger partial charge in [-0.1, -0.05) is 6.92 Å². The van der Waals surface area contributed by atoms with E-state index in [1.54, 1.807) is 0 Å². The molecule has 0 spiro atoms. The van der Waals surface area contributed by atoms with Crippen LogP contribution in [0.5, 0.6) is 0 Å². The molecule has 3 N–H and O–H groups in total. The van der Waals surface area contributed by atoms with Crippen LogP contribution in [0.2, 0.25) is 0 Å². The van der Waals surface area contributed by atoms with Crippen LogP contribution in [-0.2, 0) is 9.53 Å². The number of hydrogen-bond donors (Lipinski definition) is 2. The Kier molecular flexibility index (Phi) is 8.56. The first kappa shape index (κ1) is 16.7. The average Bonchev–Trinajstić information content (AvgIpc) is 2.29. The van der Waals surface area contributed by atoms with Crippen molar-refractivity contribution in [2.45, 2.75) is 51.7 Å². The summed E-state index contributed by atoms with van der Waals surface area (Å²) in [6.45, 7) is 5.28. The summed E-state index contributed by atoms with van der Waals surface area (Å²) in [7, 11) is 0. The maximum atomic E-state index is 11.6. The van der Waals surface area contributed by atoms with Gasteiger partial charge in [0.1, 0.15) is 0 Å². The molecule has 3 unspecified atom stereocenters. The molecule has 17 heavy (non-hydrogen) atoms. The number of hydrogen-bond acceptors (Lipinski definition) is 3. The van der Waals surface area contributed by atoms with Gasteiger partial charge in [0.05, 0.1) is 6.10 Å². The summed E-state index contributed by atoms with van der Waals surface area (Å²) in [6, 6.07) is -0.0917. The SMILES string of the molecule is CC(N)C(C)C(=O)NCCC1CCCCO1.Cl. The molecule has 0 aromatic heterocycles. The Bertz CT molecular complexity index is 219. The summed E-state index contributed by atoms with van der Waals surface area (Å²) >= 11 is 0. The number of carbonyl (C=O) groups excluding carboxylic acids is 1. The van der Waals surface area contributed by atoms with Gasteiger partial charge in [0, 0.05) is 25.1 Å². The number of halogens is 1. The Morgan fingerprint density at radius 1 is 1.47 bits per heavy atom. The maximum absolute atomic E-state index is 11.6. The molecule has 0 radical (unpaired) electrons. The highest BCUT2D eigenvalue weighted by atomic mass is 35.5. The van der Waals surface area contributed by atoms with Crippen LogP contribution >= 0.6 is 12.4 Å². The highest BCUT2D eigenvalue weighted by Gasteiger charge is 2.18. The smallest absolute Gasteiger partial charge is 0.224 e. The van der Waals surface area contributed by atoms with Gasteiger partial charge in [-0.15, -0.1) is 12.4 Å². The Labute approximate surface area is 110 Å². The second-order valence-electron chi connectivity index (χ2n) is 4.72. The number of nitrogens with one attached hydrogen (secondary N) is 1. The van der Waals surface area contributed by atoms with Crippen LogP contribution in [0.25, 0.3) is 0 Å². The van der Waals surface area contributed by atoms with Gasteiger partial charge in [-0.25, -0.2) is 0 Å². The summed E-state index contributed by atoms with van der Waals surface area (Å²) < 4.78 is 5.59. The second-order valence-corrected chi connectivity index (χ2v) is 4.72. The van der Waals surface area contributed by atoms with Gasteiger partial charge in [0.15, 0.2) is 0 Å². The van der Waals surface area contributed by atoms with Crippen LogP contribution in [0.1, 0.15) is 39.5 Å². The quantitative estimate of drug-likeness (QED) is 0.790. The summed E-state index contributed by atoms with van der Waals surface area (Å²) in [5.41, 5.74) is 5.67. The van der Waals surface area contributed by atoms with Gasteiger partial charge < -0.3 is 15.8 Å². The first-order valence-electron chi connectivity index (χ1n) is 6.26. The summed E-state index contributed by atoms with van der Waals surface area (Å²) in [5, 5.41) is 2.91. The maximum Gasteiger partial charge on any atom is 0.224 e. The molecule has 0 aliphatic carbocycles. The standard InChI is InChI=1S/C12H24N2O2.ClH/c1-9(10(2)13)12(15)14-7-6-11-5-3-4-8-16-11;/h9-11H,3-8,13H2,1-2H3,(H,14,15);1H. The van der Waals surface area contributed by atoms with Gasteiger partial charge in [-0.3, -0.25) is 4.79 Å². The van der Waals surface area contributed by atoms with Crippen LogP contribution in [0, 0.1) is 5.92 Å². The molecule has 1 amide bonds. The van der Waals surface area contributed by atoms with E-state index in [1.165, 1.54) is 12.8 Å². The molecular formula is C12H25ClN2O2. The van der Waals surface area contributed by atoms with Crippen molar-refractivity contribution in [3.05, 3.63) is 0 Å². The fourth-order valence-electron chi connectivity index (χ4n) is 1.79. The van der Waals surface area contributed by atoms with E-state index in [4.69, 9.17) is 10.5 Å². The highest BCUT2D eigenvalue weighted by Crippen LogP contribution is 2.14. The van der Waals surface area contributed by atoms with Crippen molar-refractivity contribution in [3.63, 3.8) is 0 Å². The predicted molar refractivity (Wildman–Crippen MR) is 71.3 cm³/mol. The summed E-state index contributed by atoms with van der Waals surface area (Å²) in [5.74, 6) is -0.0712. The number of rotatable bonds is 5. The first-order chi connectivity index (χ1) is 7.61. The highest BCUT2D eigenvalue weighted by molar-refractivity contribution is 5.85. The van der Waals surface area contributed by atoms with Crippen LogP contribution in [0.3, 0.4) is 0 Å². The Hall–Kier alpha value is -0.320. The lowest BCUT2D eigenvalue weighted by atomic mass is 10.0. The van der Waals surface area contributed by atoms with Crippen molar-refractivity contribution in [1.29, 1.82) is 0 Å². The minimum atomic E-state index is -0.118. The minimum absolute atomic E-state index is 0. The largest absolute Gasteiger partial charge is 0.378 e. The molecule has 3 atom stereocenters. The molecule has 102 valence electrons. The molecule has 1 aliphatic rings.